The molecule has 0 aromatic heterocycles. The van der Waals surface area contributed by atoms with E-state index in [9.17, 15) is 0 Å². The van der Waals surface area contributed by atoms with Gasteiger partial charge in [-0.2, -0.15) is 0 Å². The van der Waals surface area contributed by atoms with Crippen molar-refractivity contribution in [2.75, 3.05) is 6.61 Å². The van der Waals surface area contributed by atoms with E-state index in [-0.39, 0.29) is 12.2 Å². The molecule has 2 aliphatic heterocycles. The Hall–Kier alpha value is -2.94. The zero-order valence-electron chi connectivity index (χ0n) is 12.5. The maximum Gasteiger partial charge on any atom is 0.150 e. The third-order valence-corrected chi connectivity index (χ3v) is 3.88. The smallest absolute Gasteiger partial charge is 0.150 e. The lowest BCUT2D eigenvalue weighted by atomic mass is 9.96. The Kier molecular flexibility index (Phi) is 3.60. The van der Waals surface area contributed by atoms with Crippen molar-refractivity contribution in [1.82, 2.24) is 0 Å². The van der Waals surface area contributed by atoms with Gasteiger partial charge in [0.2, 0.25) is 0 Å². The Morgan fingerprint density at radius 3 is 2.70 bits per heavy atom. The summed E-state index contributed by atoms with van der Waals surface area (Å²) in [5.41, 5.74) is 3.30. The van der Waals surface area contributed by atoms with Gasteiger partial charge in [0.05, 0.1) is 0 Å². The first-order valence-electron chi connectivity index (χ1n) is 7.55. The molecule has 2 heterocycles. The van der Waals surface area contributed by atoms with E-state index in [1.807, 2.05) is 42.5 Å². The van der Waals surface area contributed by atoms with Crippen molar-refractivity contribution in [3.8, 4) is 29.4 Å². The maximum atomic E-state index is 5.83. The second kappa shape index (κ2) is 6.05. The molecule has 2 unspecified atom stereocenters. The highest BCUT2D eigenvalue weighted by Crippen LogP contribution is 2.49. The predicted molar refractivity (Wildman–Crippen MR) is 88.7 cm³/mol. The van der Waals surface area contributed by atoms with Crippen LogP contribution in [0.1, 0.15) is 28.9 Å². The second-order valence-corrected chi connectivity index (χ2v) is 5.33. The summed E-state index contributed by atoms with van der Waals surface area (Å²) < 4.78 is 11.6. The second-order valence-electron chi connectivity index (χ2n) is 5.33. The maximum absolute atomic E-state index is 5.83. The largest absolute Gasteiger partial charge is 0.480 e. The summed E-state index contributed by atoms with van der Waals surface area (Å²) in [6.45, 7) is 0.320. The minimum atomic E-state index is 0.0250. The third kappa shape index (κ3) is 2.73. The van der Waals surface area contributed by atoms with Crippen LogP contribution in [0.5, 0.6) is 5.75 Å². The van der Waals surface area contributed by atoms with Crippen LogP contribution in [0.4, 0.5) is 0 Å². The zero-order chi connectivity index (χ0) is 15.5. The summed E-state index contributed by atoms with van der Waals surface area (Å²) in [5.74, 6) is 12.4. The molecule has 0 fully saturated rings. The highest BCUT2D eigenvalue weighted by molar-refractivity contribution is 5.51. The van der Waals surface area contributed by atoms with Gasteiger partial charge in [0.15, 0.2) is 0 Å². The SMILES string of the molecule is C(C#Cc1ccccc1)#CCOc1cccc2c1C1C=CC2O1. The molecule has 0 amide bonds. The van der Waals surface area contributed by atoms with Gasteiger partial charge in [-0.1, -0.05) is 48.4 Å². The van der Waals surface area contributed by atoms with Gasteiger partial charge in [-0.05, 0) is 41.5 Å². The lowest BCUT2D eigenvalue weighted by molar-refractivity contribution is 0.0869. The van der Waals surface area contributed by atoms with Crippen LogP contribution in [0.25, 0.3) is 0 Å². The number of rotatable bonds is 2. The van der Waals surface area contributed by atoms with Gasteiger partial charge in [-0.25, -0.2) is 0 Å². The molecule has 23 heavy (non-hydrogen) atoms. The molecule has 2 nitrogen and oxygen atoms in total. The molecule has 0 saturated carbocycles. The summed E-state index contributed by atoms with van der Waals surface area (Å²) in [6, 6.07) is 15.9. The highest BCUT2D eigenvalue weighted by Gasteiger charge is 2.35. The monoisotopic (exact) mass is 298 g/mol. The van der Waals surface area contributed by atoms with Crippen LogP contribution in [0, 0.1) is 23.7 Å². The van der Waals surface area contributed by atoms with Crippen molar-refractivity contribution in [3.63, 3.8) is 0 Å². The Bertz CT molecular complexity index is 873. The van der Waals surface area contributed by atoms with E-state index in [0.717, 1.165) is 16.9 Å². The number of fused-ring (bicyclic) bond motifs is 5. The van der Waals surface area contributed by atoms with Gasteiger partial charge in [0, 0.05) is 11.1 Å². The van der Waals surface area contributed by atoms with E-state index >= 15 is 0 Å². The Labute approximate surface area is 135 Å². The normalized spacial score (nSPS) is 19.3. The van der Waals surface area contributed by atoms with E-state index in [1.54, 1.807) is 0 Å². The highest BCUT2D eigenvalue weighted by atomic mass is 16.5. The first-order valence-corrected chi connectivity index (χ1v) is 7.55. The summed E-state index contributed by atoms with van der Waals surface area (Å²) >= 11 is 0. The average Bonchev–Trinajstić information content (AvgIpc) is 3.21. The summed E-state index contributed by atoms with van der Waals surface area (Å²) in [7, 11) is 0. The first kappa shape index (κ1) is 13.7. The Balaban J connectivity index is 1.41. The third-order valence-electron chi connectivity index (χ3n) is 3.88. The van der Waals surface area contributed by atoms with Gasteiger partial charge in [-0.3, -0.25) is 0 Å². The van der Waals surface area contributed by atoms with E-state index in [1.165, 1.54) is 5.56 Å². The van der Waals surface area contributed by atoms with E-state index in [2.05, 4.69) is 41.9 Å². The predicted octanol–water partition coefficient (Wildman–Crippen LogP) is 3.80. The van der Waals surface area contributed by atoms with Crippen molar-refractivity contribution in [3.05, 3.63) is 77.4 Å². The van der Waals surface area contributed by atoms with Crippen LogP contribution in [-0.2, 0) is 4.74 Å². The fraction of sp³-hybridized carbons (Fsp3) is 0.143. The molecule has 0 saturated heterocycles. The minimum absolute atomic E-state index is 0.0250. The number of hydrogen-bond acceptors (Lipinski definition) is 2. The fourth-order valence-electron chi connectivity index (χ4n) is 2.85. The molecule has 2 atom stereocenters. The minimum Gasteiger partial charge on any atom is -0.480 e. The van der Waals surface area contributed by atoms with Crippen molar-refractivity contribution < 1.29 is 9.47 Å². The van der Waals surface area contributed by atoms with Gasteiger partial charge in [-0.15, -0.1) is 0 Å². The van der Waals surface area contributed by atoms with E-state index < -0.39 is 0 Å². The van der Waals surface area contributed by atoms with Crippen molar-refractivity contribution in [2.45, 2.75) is 12.2 Å². The number of ether oxygens (including phenoxy) is 2. The molecular formula is C21H14O2. The van der Waals surface area contributed by atoms with Crippen LogP contribution in [0.2, 0.25) is 0 Å². The van der Waals surface area contributed by atoms with Crippen molar-refractivity contribution in [2.24, 2.45) is 0 Å². The van der Waals surface area contributed by atoms with Crippen molar-refractivity contribution >= 4 is 0 Å². The lowest BCUT2D eigenvalue weighted by Crippen LogP contribution is -2.01. The van der Waals surface area contributed by atoms with Gasteiger partial charge in [0.25, 0.3) is 0 Å². The van der Waals surface area contributed by atoms with Crippen LogP contribution in [0.3, 0.4) is 0 Å². The average molecular weight is 298 g/mol. The molecule has 2 aliphatic rings. The Morgan fingerprint density at radius 2 is 1.78 bits per heavy atom. The van der Waals surface area contributed by atoms with Crippen LogP contribution in [0.15, 0.2) is 60.7 Å². The first-order chi connectivity index (χ1) is 11.4. The topological polar surface area (TPSA) is 18.5 Å². The molecule has 2 heteroatoms. The molecule has 2 aromatic rings. The zero-order valence-corrected chi connectivity index (χ0v) is 12.5. The van der Waals surface area contributed by atoms with E-state index in [0.29, 0.717) is 6.61 Å². The quantitative estimate of drug-likeness (QED) is 0.620. The standard InChI is InChI=1S/C21H14O2/c1-3-8-16(9-4-1)10-5-2-6-15-22-19-12-7-11-17-18-13-14-20(23-18)21(17)19/h1,3-4,7-9,11-14,18,20H,15H2. The number of hydrogen-bond donors (Lipinski definition) is 0. The molecule has 4 rings (SSSR count). The van der Waals surface area contributed by atoms with Gasteiger partial charge < -0.3 is 9.47 Å². The van der Waals surface area contributed by atoms with Crippen LogP contribution >= 0.6 is 0 Å². The molecule has 110 valence electrons. The fourth-order valence-corrected chi connectivity index (χ4v) is 2.85. The molecular weight excluding hydrogens is 284 g/mol. The van der Waals surface area contributed by atoms with Crippen LogP contribution < -0.4 is 4.74 Å². The Morgan fingerprint density at radius 1 is 0.913 bits per heavy atom. The van der Waals surface area contributed by atoms with Crippen LogP contribution in [-0.4, -0.2) is 6.61 Å². The van der Waals surface area contributed by atoms with E-state index in [4.69, 9.17) is 9.47 Å². The van der Waals surface area contributed by atoms with Crippen molar-refractivity contribution in [1.29, 1.82) is 0 Å². The summed E-state index contributed by atoms with van der Waals surface area (Å²) in [5, 5.41) is 0. The molecule has 0 N–H and O–H groups in total. The molecule has 0 aliphatic carbocycles. The molecule has 2 bridgehead atoms. The molecule has 0 radical (unpaired) electrons. The van der Waals surface area contributed by atoms with Gasteiger partial charge >= 0.3 is 0 Å². The number of benzene rings is 2. The summed E-state index contributed by atoms with van der Waals surface area (Å²) in [4.78, 5) is 0. The van der Waals surface area contributed by atoms with Gasteiger partial charge in [0.1, 0.15) is 24.6 Å². The molecule has 0 spiro atoms. The lowest BCUT2D eigenvalue weighted by Gasteiger charge is -2.12. The molecule has 2 aromatic carbocycles. The summed E-state index contributed by atoms with van der Waals surface area (Å²) in [6.07, 6.45) is 4.28.